The summed E-state index contributed by atoms with van der Waals surface area (Å²) < 4.78 is 1.10. The molecule has 0 aromatic carbocycles. The molecule has 1 saturated heterocycles. The maximum absolute atomic E-state index is 12.7. The van der Waals surface area contributed by atoms with Crippen LogP contribution in [0.15, 0.2) is 6.07 Å². The Morgan fingerprint density at radius 2 is 2.18 bits per heavy atom. The average molecular weight is 336 g/mol. The third kappa shape index (κ3) is 2.23. The molecule has 2 aromatic rings. The maximum Gasteiger partial charge on any atom is 0.264 e. The highest BCUT2D eigenvalue weighted by atomic mass is 32.1. The number of anilines is 1. The Balaban J connectivity index is 1.54. The monoisotopic (exact) mass is 336 g/mol. The number of thiophene rings is 1. The number of likely N-dealkylation sites (tertiary alicyclic amines) is 1. The van der Waals surface area contributed by atoms with E-state index in [0.29, 0.717) is 11.8 Å². The lowest BCUT2D eigenvalue weighted by Crippen LogP contribution is -2.33. The van der Waals surface area contributed by atoms with Crippen LogP contribution in [0.4, 0.5) is 5.13 Å². The lowest BCUT2D eigenvalue weighted by Gasteiger charge is -2.17. The van der Waals surface area contributed by atoms with Gasteiger partial charge in [0.2, 0.25) is 0 Å². The molecule has 22 heavy (non-hydrogen) atoms. The molecule has 2 aliphatic rings. The number of fused-ring (bicyclic) bond motifs is 2. The van der Waals surface area contributed by atoms with Crippen LogP contribution in [0, 0.1) is 11.8 Å². The zero-order valence-corrected chi connectivity index (χ0v) is 14.4. The molecule has 118 valence electrons. The van der Waals surface area contributed by atoms with Gasteiger partial charge in [-0.1, -0.05) is 11.3 Å². The highest BCUT2D eigenvalue weighted by Crippen LogP contribution is 2.39. The van der Waals surface area contributed by atoms with E-state index in [4.69, 9.17) is 5.73 Å². The molecule has 3 atom stereocenters. The number of carbonyl (C=O) groups excluding carboxylic acids is 1. The van der Waals surface area contributed by atoms with Crippen molar-refractivity contribution in [3.63, 3.8) is 0 Å². The smallest absolute Gasteiger partial charge is 0.264 e. The molecule has 3 unspecified atom stereocenters. The predicted molar refractivity (Wildman–Crippen MR) is 91.9 cm³/mol. The minimum atomic E-state index is 0.156. The minimum absolute atomic E-state index is 0.156. The van der Waals surface area contributed by atoms with Crippen molar-refractivity contribution in [1.82, 2.24) is 9.88 Å². The van der Waals surface area contributed by atoms with Gasteiger partial charge in [0.15, 0.2) is 5.13 Å². The number of amides is 1. The standard InChI is InChI=1S/C15H20N4OS2/c1-18(2)15-17-13-11(22-15)5-12(21-13)14(20)19-6-8-3-4-10(16)9(8)7-19/h5,8-10H,3-4,6-7,16H2,1-2H3. The fourth-order valence-corrected chi connectivity index (χ4v) is 5.75. The number of aromatic nitrogens is 1. The molecule has 1 amide bonds. The van der Waals surface area contributed by atoms with E-state index in [1.807, 2.05) is 30.0 Å². The summed E-state index contributed by atoms with van der Waals surface area (Å²) in [5.74, 6) is 1.27. The lowest BCUT2D eigenvalue weighted by molar-refractivity contribution is 0.0784. The second-order valence-electron chi connectivity index (χ2n) is 6.55. The van der Waals surface area contributed by atoms with Crippen LogP contribution in [0.2, 0.25) is 0 Å². The van der Waals surface area contributed by atoms with Crippen LogP contribution >= 0.6 is 22.7 Å². The molecule has 1 saturated carbocycles. The van der Waals surface area contributed by atoms with Gasteiger partial charge in [0.05, 0.1) is 9.58 Å². The van der Waals surface area contributed by atoms with Gasteiger partial charge in [-0.25, -0.2) is 4.98 Å². The van der Waals surface area contributed by atoms with Gasteiger partial charge in [0.1, 0.15) is 4.83 Å². The first kappa shape index (κ1) is 14.4. The molecule has 2 fully saturated rings. The van der Waals surface area contributed by atoms with E-state index in [9.17, 15) is 4.79 Å². The van der Waals surface area contributed by atoms with Crippen molar-refractivity contribution in [3.05, 3.63) is 10.9 Å². The minimum Gasteiger partial charge on any atom is -0.354 e. The van der Waals surface area contributed by atoms with Gasteiger partial charge in [-0.3, -0.25) is 4.79 Å². The van der Waals surface area contributed by atoms with E-state index in [1.165, 1.54) is 17.8 Å². The van der Waals surface area contributed by atoms with Crippen molar-refractivity contribution in [2.45, 2.75) is 18.9 Å². The van der Waals surface area contributed by atoms with Crippen molar-refractivity contribution >= 4 is 43.2 Å². The number of carbonyl (C=O) groups is 1. The van der Waals surface area contributed by atoms with Crippen LogP contribution < -0.4 is 10.6 Å². The van der Waals surface area contributed by atoms with Gasteiger partial charge in [-0.05, 0) is 30.7 Å². The highest BCUT2D eigenvalue weighted by molar-refractivity contribution is 7.29. The van der Waals surface area contributed by atoms with Crippen LogP contribution in [0.25, 0.3) is 9.53 Å². The maximum atomic E-state index is 12.7. The first-order valence-corrected chi connectivity index (χ1v) is 9.29. The number of hydrogen-bond donors (Lipinski definition) is 1. The molecule has 3 heterocycles. The molecule has 7 heteroatoms. The van der Waals surface area contributed by atoms with Crippen LogP contribution in [0.5, 0.6) is 0 Å². The fourth-order valence-electron chi connectivity index (χ4n) is 3.65. The van der Waals surface area contributed by atoms with Crippen molar-refractivity contribution in [2.75, 3.05) is 32.1 Å². The van der Waals surface area contributed by atoms with E-state index in [2.05, 4.69) is 4.98 Å². The molecule has 2 aromatic heterocycles. The van der Waals surface area contributed by atoms with Gasteiger partial charge in [0, 0.05) is 33.2 Å². The van der Waals surface area contributed by atoms with Crippen molar-refractivity contribution < 1.29 is 4.79 Å². The van der Waals surface area contributed by atoms with E-state index < -0.39 is 0 Å². The van der Waals surface area contributed by atoms with Crippen LogP contribution in [0.1, 0.15) is 22.5 Å². The van der Waals surface area contributed by atoms with E-state index in [-0.39, 0.29) is 11.9 Å². The number of rotatable bonds is 2. The normalized spacial score (nSPS) is 27.6. The van der Waals surface area contributed by atoms with Crippen molar-refractivity contribution in [2.24, 2.45) is 17.6 Å². The summed E-state index contributed by atoms with van der Waals surface area (Å²) in [6, 6.07) is 2.28. The summed E-state index contributed by atoms with van der Waals surface area (Å²) in [5, 5.41) is 0.988. The lowest BCUT2D eigenvalue weighted by atomic mass is 9.98. The first-order valence-electron chi connectivity index (χ1n) is 7.65. The molecule has 5 nitrogen and oxygen atoms in total. The zero-order chi connectivity index (χ0) is 15.4. The summed E-state index contributed by atoms with van der Waals surface area (Å²) >= 11 is 3.15. The fraction of sp³-hybridized carbons (Fsp3) is 0.600. The summed E-state index contributed by atoms with van der Waals surface area (Å²) in [7, 11) is 3.97. The molecular formula is C15H20N4OS2. The molecule has 0 spiro atoms. The average Bonchev–Trinajstić information content (AvgIpc) is 3.18. The number of nitrogens with zero attached hydrogens (tertiary/aromatic N) is 3. The van der Waals surface area contributed by atoms with Gasteiger partial charge in [0.25, 0.3) is 5.91 Å². The van der Waals surface area contributed by atoms with Crippen LogP contribution in [-0.4, -0.2) is 49.0 Å². The largest absolute Gasteiger partial charge is 0.354 e. The van der Waals surface area contributed by atoms with E-state index >= 15 is 0 Å². The van der Waals surface area contributed by atoms with Crippen LogP contribution in [0.3, 0.4) is 0 Å². The molecule has 2 N–H and O–H groups in total. The van der Waals surface area contributed by atoms with Crippen molar-refractivity contribution in [3.8, 4) is 0 Å². The van der Waals surface area contributed by atoms with E-state index in [1.54, 1.807) is 11.3 Å². The molecule has 0 bridgehead atoms. The number of nitrogens with two attached hydrogens (primary N) is 1. The third-order valence-electron chi connectivity index (χ3n) is 4.87. The van der Waals surface area contributed by atoms with Gasteiger partial charge in [-0.2, -0.15) is 0 Å². The summed E-state index contributed by atoms with van der Waals surface area (Å²) in [6.07, 6.45) is 2.28. The van der Waals surface area contributed by atoms with Crippen LogP contribution in [-0.2, 0) is 0 Å². The Morgan fingerprint density at radius 1 is 1.36 bits per heavy atom. The topological polar surface area (TPSA) is 62.5 Å². The van der Waals surface area contributed by atoms with Gasteiger partial charge < -0.3 is 15.5 Å². The zero-order valence-electron chi connectivity index (χ0n) is 12.8. The first-order chi connectivity index (χ1) is 10.5. The quantitative estimate of drug-likeness (QED) is 0.913. The third-order valence-corrected chi connectivity index (χ3v) is 7.19. The number of hydrogen-bond acceptors (Lipinski definition) is 6. The Kier molecular flexibility index (Phi) is 3.39. The SMILES string of the molecule is CN(C)c1nc2sc(C(=O)N3CC4CCC(N)C4C3)cc2s1. The second-order valence-corrected chi connectivity index (χ2v) is 8.59. The Bertz CT molecular complexity index is 691. The Hall–Kier alpha value is -1.18. The van der Waals surface area contributed by atoms with Gasteiger partial charge in [-0.15, -0.1) is 11.3 Å². The molecular weight excluding hydrogens is 316 g/mol. The van der Waals surface area contributed by atoms with Gasteiger partial charge >= 0.3 is 0 Å². The summed E-state index contributed by atoms with van der Waals surface area (Å²) in [6.45, 7) is 1.70. The molecule has 4 rings (SSSR count). The molecule has 1 aliphatic heterocycles. The predicted octanol–water partition coefficient (Wildman–Crippen LogP) is 2.23. The molecule has 0 radical (unpaired) electrons. The van der Waals surface area contributed by atoms with E-state index in [0.717, 1.165) is 39.0 Å². The Morgan fingerprint density at radius 3 is 2.86 bits per heavy atom. The van der Waals surface area contributed by atoms with Crippen molar-refractivity contribution in [1.29, 1.82) is 0 Å². The summed E-state index contributed by atoms with van der Waals surface area (Å²) in [5.41, 5.74) is 6.16. The molecule has 1 aliphatic carbocycles. The Labute approximate surface area is 137 Å². The second kappa shape index (κ2) is 5.18. The highest BCUT2D eigenvalue weighted by Gasteiger charge is 2.42. The summed E-state index contributed by atoms with van der Waals surface area (Å²) in [4.78, 5) is 23.1. The number of thiazole rings is 1.